The van der Waals surface area contributed by atoms with Gasteiger partial charge in [0.25, 0.3) is 5.91 Å². The third-order valence-electron chi connectivity index (χ3n) is 5.37. The second-order valence-electron chi connectivity index (χ2n) is 7.42. The van der Waals surface area contributed by atoms with Crippen LogP contribution in [0.4, 0.5) is 5.69 Å². The number of amides is 1. The Labute approximate surface area is 180 Å². The quantitative estimate of drug-likeness (QED) is 0.640. The van der Waals surface area contributed by atoms with E-state index in [0.717, 1.165) is 28.4 Å². The van der Waals surface area contributed by atoms with E-state index in [1.807, 2.05) is 49.6 Å². The Kier molecular flexibility index (Phi) is 5.42. The summed E-state index contributed by atoms with van der Waals surface area (Å²) in [4.78, 5) is 24.9. The number of fused-ring (bicyclic) bond motifs is 1. The number of hydrogen-bond donors (Lipinski definition) is 1. The Morgan fingerprint density at radius 2 is 1.71 bits per heavy atom. The second-order valence-corrected chi connectivity index (χ2v) is 7.42. The van der Waals surface area contributed by atoms with Crippen molar-refractivity contribution in [3.8, 4) is 17.2 Å². The van der Waals surface area contributed by atoms with E-state index >= 15 is 0 Å². The number of carbonyl (C=O) groups is 2. The highest BCUT2D eigenvalue weighted by molar-refractivity contribution is 6.06. The molecule has 1 amide bonds. The smallest absolute Gasteiger partial charge is 0.337 e. The number of nitrogens with zero attached hydrogens (tertiary/aromatic N) is 1. The fourth-order valence-corrected chi connectivity index (χ4v) is 3.75. The van der Waals surface area contributed by atoms with Crippen molar-refractivity contribution in [2.24, 2.45) is 0 Å². The second kappa shape index (κ2) is 8.18. The van der Waals surface area contributed by atoms with E-state index in [1.54, 1.807) is 18.2 Å². The average Bonchev–Trinajstić information content (AvgIpc) is 3.08. The molecule has 2 heterocycles. The molecule has 1 N–H and O–H groups in total. The zero-order chi connectivity index (χ0) is 22.1. The summed E-state index contributed by atoms with van der Waals surface area (Å²) in [5.74, 6) is 0.711. The number of ether oxygens (including phenoxy) is 3. The lowest BCUT2D eigenvalue weighted by atomic mass is 10.1. The molecule has 7 heteroatoms. The third-order valence-corrected chi connectivity index (χ3v) is 5.37. The van der Waals surface area contributed by atoms with Crippen LogP contribution in [0, 0.1) is 20.8 Å². The Balaban J connectivity index is 1.65. The Morgan fingerprint density at radius 1 is 0.968 bits per heavy atom. The number of aromatic nitrogens is 1. The number of anilines is 1. The third kappa shape index (κ3) is 3.86. The molecule has 0 unspecified atom stereocenters. The van der Waals surface area contributed by atoms with Crippen LogP contribution in [0.1, 0.15) is 37.7 Å². The fourth-order valence-electron chi connectivity index (χ4n) is 3.75. The predicted octanol–water partition coefficient (Wildman–Crippen LogP) is 4.21. The molecule has 0 spiro atoms. The summed E-state index contributed by atoms with van der Waals surface area (Å²) in [5.41, 5.74) is 4.95. The van der Waals surface area contributed by atoms with Crippen LogP contribution >= 0.6 is 0 Å². The van der Waals surface area contributed by atoms with Crippen molar-refractivity contribution in [1.82, 2.24) is 4.57 Å². The molecule has 0 fully saturated rings. The van der Waals surface area contributed by atoms with Crippen LogP contribution in [-0.2, 0) is 4.74 Å². The standard InChI is InChI=1S/C24H24N2O5/c1-14-5-6-17(24(28)29-4)12-20(14)25-23(27)19-11-15(2)26(16(19)3)18-7-8-21-22(13-18)31-10-9-30-21/h5-8,11-13H,9-10H2,1-4H3,(H,25,27). The molecular formula is C24H24N2O5. The van der Waals surface area contributed by atoms with E-state index in [-0.39, 0.29) is 5.91 Å². The summed E-state index contributed by atoms with van der Waals surface area (Å²) in [6, 6.07) is 12.7. The molecule has 0 aliphatic carbocycles. The van der Waals surface area contributed by atoms with Crippen molar-refractivity contribution in [3.63, 3.8) is 0 Å². The topological polar surface area (TPSA) is 78.8 Å². The molecule has 0 atom stereocenters. The molecule has 0 saturated heterocycles. The predicted molar refractivity (Wildman–Crippen MR) is 117 cm³/mol. The van der Waals surface area contributed by atoms with E-state index in [1.165, 1.54) is 7.11 Å². The number of benzene rings is 2. The first-order valence-electron chi connectivity index (χ1n) is 9.98. The van der Waals surface area contributed by atoms with Crippen molar-refractivity contribution in [1.29, 1.82) is 0 Å². The molecule has 0 bridgehead atoms. The van der Waals surface area contributed by atoms with Gasteiger partial charge in [-0.05, 0) is 56.7 Å². The average molecular weight is 420 g/mol. The van der Waals surface area contributed by atoms with E-state index in [4.69, 9.17) is 14.2 Å². The van der Waals surface area contributed by atoms with E-state index in [0.29, 0.717) is 35.8 Å². The molecule has 0 radical (unpaired) electrons. The lowest BCUT2D eigenvalue weighted by molar-refractivity contribution is 0.0600. The van der Waals surface area contributed by atoms with Crippen LogP contribution in [-0.4, -0.2) is 36.8 Å². The number of methoxy groups -OCH3 is 1. The van der Waals surface area contributed by atoms with Crippen LogP contribution in [0.5, 0.6) is 11.5 Å². The van der Waals surface area contributed by atoms with Crippen LogP contribution in [0.2, 0.25) is 0 Å². The molecule has 0 saturated carbocycles. The molecule has 1 aliphatic heterocycles. The summed E-state index contributed by atoms with van der Waals surface area (Å²) in [6.07, 6.45) is 0. The number of nitrogens with one attached hydrogen (secondary N) is 1. The number of esters is 1. The molecule has 3 aromatic rings. The molecule has 1 aromatic heterocycles. The van der Waals surface area contributed by atoms with Gasteiger partial charge in [0.2, 0.25) is 0 Å². The first-order chi connectivity index (χ1) is 14.9. The monoisotopic (exact) mass is 420 g/mol. The molecule has 4 rings (SSSR count). The SMILES string of the molecule is COC(=O)c1ccc(C)c(NC(=O)c2cc(C)n(-c3ccc4c(c3)OCCO4)c2C)c1. The molecule has 31 heavy (non-hydrogen) atoms. The largest absolute Gasteiger partial charge is 0.486 e. The highest BCUT2D eigenvalue weighted by atomic mass is 16.6. The van der Waals surface area contributed by atoms with E-state index in [2.05, 4.69) is 5.32 Å². The van der Waals surface area contributed by atoms with Crippen molar-refractivity contribution in [2.75, 3.05) is 25.6 Å². The maximum absolute atomic E-state index is 13.1. The van der Waals surface area contributed by atoms with Gasteiger partial charge in [-0.3, -0.25) is 4.79 Å². The fraction of sp³-hybridized carbons (Fsp3) is 0.250. The van der Waals surface area contributed by atoms with Crippen molar-refractivity contribution >= 4 is 17.6 Å². The number of aryl methyl sites for hydroxylation is 2. The van der Waals surface area contributed by atoms with Crippen LogP contribution in [0.15, 0.2) is 42.5 Å². The zero-order valence-electron chi connectivity index (χ0n) is 17.9. The highest BCUT2D eigenvalue weighted by Crippen LogP contribution is 2.33. The van der Waals surface area contributed by atoms with Crippen LogP contribution < -0.4 is 14.8 Å². The summed E-state index contributed by atoms with van der Waals surface area (Å²) < 4.78 is 18.1. The zero-order valence-corrected chi connectivity index (χ0v) is 17.9. The molecule has 1 aliphatic rings. The molecular weight excluding hydrogens is 396 g/mol. The van der Waals surface area contributed by atoms with Crippen molar-refractivity contribution in [3.05, 3.63) is 70.5 Å². The highest BCUT2D eigenvalue weighted by Gasteiger charge is 2.20. The Morgan fingerprint density at radius 3 is 2.45 bits per heavy atom. The molecule has 160 valence electrons. The first kappa shape index (κ1) is 20.5. The summed E-state index contributed by atoms with van der Waals surface area (Å²) in [6.45, 7) is 6.77. The van der Waals surface area contributed by atoms with Gasteiger partial charge in [-0.25, -0.2) is 4.79 Å². The normalized spacial score (nSPS) is 12.4. The van der Waals surface area contributed by atoms with Gasteiger partial charge in [0.1, 0.15) is 13.2 Å². The number of carbonyl (C=O) groups excluding carboxylic acids is 2. The number of hydrogen-bond acceptors (Lipinski definition) is 5. The van der Waals surface area contributed by atoms with Gasteiger partial charge in [-0.2, -0.15) is 0 Å². The lowest BCUT2D eigenvalue weighted by Crippen LogP contribution is -2.16. The van der Waals surface area contributed by atoms with Gasteiger partial charge in [-0.15, -0.1) is 0 Å². The van der Waals surface area contributed by atoms with Crippen molar-refractivity contribution in [2.45, 2.75) is 20.8 Å². The summed E-state index contributed by atoms with van der Waals surface area (Å²) >= 11 is 0. The van der Waals surface area contributed by atoms with Gasteiger partial charge >= 0.3 is 5.97 Å². The van der Waals surface area contributed by atoms with E-state index in [9.17, 15) is 9.59 Å². The minimum Gasteiger partial charge on any atom is -0.486 e. The minimum absolute atomic E-state index is 0.248. The first-order valence-corrected chi connectivity index (χ1v) is 9.98. The Bertz CT molecular complexity index is 1180. The van der Waals surface area contributed by atoms with Crippen LogP contribution in [0.3, 0.4) is 0 Å². The van der Waals surface area contributed by atoms with Gasteiger partial charge in [0, 0.05) is 28.8 Å². The molecule has 7 nitrogen and oxygen atoms in total. The van der Waals surface area contributed by atoms with Gasteiger partial charge < -0.3 is 24.1 Å². The lowest BCUT2D eigenvalue weighted by Gasteiger charge is -2.20. The van der Waals surface area contributed by atoms with Gasteiger partial charge in [0.15, 0.2) is 11.5 Å². The van der Waals surface area contributed by atoms with Gasteiger partial charge in [-0.1, -0.05) is 6.07 Å². The molecule has 2 aromatic carbocycles. The van der Waals surface area contributed by atoms with Crippen molar-refractivity contribution < 1.29 is 23.8 Å². The maximum atomic E-state index is 13.1. The summed E-state index contributed by atoms with van der Waals surface area (Å²) in [5, 5.41) is 2.92. The van der Waals surface area contributed by atoms with E-state index < -0.39 is 5.97 Å². The Hall–Kier alpha value is -3.74. The minimum atomic E-state index is -0.452. The maximum Gasteiger partial charge on any atom is 0.337 e. The van der Waals surface area contributed by atoms with Crippen LogP contribution in [0.25, 0.3) is 5.69 Å². The summed E-state index contributed by atoms with van der Waals surface area (Å²) in [7, 11) is 1.33. The van der Waals surface area contributed by atoms with Gasteiger partial charge in [0.05, 0.1) is 18.2 Å². The number of rotatable bonds is 4.